The third-order valence-corrected chi connectivity index (χ3v) is 7.18. The maximum Gasteiger partial charge on any atom is 0.338 e. The quantitative estimate of drug-likeness (QED) is 0.375. The average Bonchev–Trinajstić information content (AvgIpc) is 3.24. The standard InChI is InChI=1S/C25H21N3O5S/c1-27(20-9-11-21(32-2)12-10-20)34(30,31)22-7-5-6-18(14-22)25(29)33-17-19-16-28-13-4-3-8-24(28)23(19)15-26/h3-14,16H,17H2,1-2H3. The molecule has 172 valence electrons. The van der Waals surface area contributed by atoms with Gasteiger partial charge >= 0.3 is 5.97 Å². The van der Waals surface area contributed by atoms with Crippen molar-refractivity contribution < 1.29 is 22.7 Å². The molecule has 2 heterocycles. The molecule has 4 rings (SSSR count). The highest BCUT2D eigenvalue weighted by Crippen LogP contribution is 2.25. The molecule has 0 fully saturated rings. The van der Waals surface area contributed by atoms with Crippen LogP contribution in [0.25, 0.3) is 5.52 Å². The van der Waals surface area contributed by atoms with Crippen molar-refractivity contribution in [1.29, 1.82) is 5.26 Å². The van der Waals surface area contributed by atoms with Crippen LogP contribution in [0.4, 0.5) is 5.69 Å². The number of esters is 1. The molecule has 0 saturated heterocycles. The van der Waals surface area contributed by atoms with E-state index in [2.05, 4.69) is 6.07 Å². The predicted octanol–water partition coefficient (Wildman–Crippen LogP) is 4.00. The van der Waals surface area contributed by atoms with Gasteiger partial charge < -0.3 is 13.9 Å². The fourth-order valence-corrected chi connectivity index (χ4v) is 4.76. The molecule has 0 saturated carbocycles. The summed E-state index contributed by atoms with van der Waals surface area (Å²) < 4.78 is 39.7. The zero-order valence-electron chi connectivity index (χ0n) is 18.5. The molecule has 34 heavy (non-hydrogen) atoms. The van der Waals surface area contributed by atoms with Crippen molar-refractivity contribution in [3.05, 3.63) is 95.8 Å². The first kappa shape index (κ1) is 22.9. The van der Waals surface area contributed by atoms with Gasteiger partial charge in [0.25, 0.3) is 10.0 Å². The second kappa shape index (κ2) is 9.29. The molecule has 8 nitrogen and oxygen atoms in total. The molecule has 0 bridgehead atoms. The van der Waals surface area contributed by atoms with Crippen LogP contribution < -0.4 is 9.04 Å². The first-order valence-electron chi connectivity index (χ1n) is 10.2. The summed E-state index contributed by atoms with van der Waals surface area (Å²) in [5.74, 6) is -0.0849. The van der Waals surface area contributed by atoms with Gasteiger partial charge in [-0.05, 0) is 54.6 Å². The molecule has 0 atom stereocenters. The SMILES string of the molecule is COc1ccc(N(C)S(=O)(=O)c2cccc(C(=O)OCc3cn4ccccc4c3C#N)c2)cc1. The molecule has 2 aromatic heterocycles. The van der Waals surface area contributed by atoms with E-state index in [1.807, 2.05) is 12.1 Å². The first-order valence-corrected chi connectivity index (χ1v) is 11.7. The topological polar surface area (TPSA) is 101 Å². The fraction of sp³-hybridized carbons (Fsp3) is 0.120. The number of aromatic nitrogens is 1. The molecule has 0 radical (unpaired) electrons. The van der Waals surface area contributed by atoms with Crippen LogP contribution in [0, 0.1) is 11.3 Å². The van der Waals surface area contributed by atoms with E-state index in [4.69, 9.17) is 9.47 Å². The second-order valence-electron chi connectivity index (χ2n) is 7.41. The normalized spacial score (nSPS) is 11.1. The highest BCUT2D eigenvalue weighted by Gasteiger charge is 2.23. The largest absolute Gasteiger partial charge is 0.497 e. The molecule has 9 heteroatoms. The Morgan fingerprint density at radius 2 is 1.85 bits per heavy atom. The Morgan fingerprint density at radius 3 is 2.56 bits per heavy atom. The molecule has 0 aliphatic carbocycles. The van der Waals surface area contributed by atoms with Gasteiger partial charge in [-0.2, -0.15) is 5.26 Å². The van der Waals surface area contributed by atoms with E-state index in [1.54, 1.807) is 47.1 Å². The van der Waals surface area contributed by atoms with Crippen molar-refractivity contribution in [3.63, 3.8) is 0 Å². The number of benzene rings is 2. The van der Waals surface area contributed by atoms with Gasteiger partial charge in [-0.1, -0.05) is 12.1 Å². The maximum absolute atomic E-state index is 13.1. The van der Waals surface area contributed by atoms with E-state index in [1.165, 1.54) is 38.4 Å². The Bertz CT molecular complexity index is 1500. The summed E-state index contributed by atoms with van der Waals surface area (Å²) in [7, 11) is -0.963. The van der Waals surface area contributed by atoms with E-state index < -0.39 is 16.0 Å². The lowest BCUT2D eigenvalue weighted by molar-refractivity contribution is 0.0472. The number of fused-ring (bicyclic) bond motifs is 1. The average molecular weight is 476 g/mol. The molecular formula is C25H21N3O5S. The number of anilines is 1. The molecule has 0 aliphatic rings. The monoisotopic (exact) mass is 475 g/mol. The van der Waals surface area contributed by atoms with Gasteiger partial charge in [-0.3, -0.25) is 4.31 Å². The third-order valence-electron chi connectivity index (χ3n) is 5.40. The molecule has 0 aliphatic heterocycles. The van der Waals surface area contributed by atoms with Crippen LogP contribution in [0.3, 0.4) is 0 Å². The van der Waals surface area contributed by atoms with Crippen LogP contribution in [0.2, 0.25) is 0 Å². The summed E-state index contributed by atoms with van der Waals surface area (Å²) in [4.78, 5) is 12.6. The van der Waals surface area contributed by atoms with Crippen molar-refractivity contribution in [2.45, 2.75) is 11.5 Å². The van der Waals surface area contributed by atoms with Crippen LogP contribution in [0.5, 0.6) is 5.75 Å². The minimum absolute atomic E-state index is 0.0485. The minimum Gasteiger partial charge on any atom is -0.497 e. The van der Waals surface area contributed by atoms with Gasteiger partial charge in [-0.15, -0.1) is 0 Å². The number of hydrogen-bond donors (Lipinski definition) is 0. The molecule has 4 aromatic rings. The van der Waals surface area contributed by atoms with E-state index in [0.717, 1.165) is 4.31 Å². The van der Waals surface area contributed by atoms with E-state index in [0.29, 0.717) is 28.1 Å². The minimum atomic E-state index is -3.92. The number of nitriles is 1. The Balaban J connectivity index is 1.53. The van der Waals surface area contributed by atoms with Crippen LogP contribution in [-0.4, -0.2) is 32.9 Å². The van der Waals surface area contributed by atoms with Crippen molar-refractivity contribution in [3.8, 4) is 11.8 Å². The number of methoxy groups -OCH3 is 1. The van der Waals surface area contributed by atoms with Gasteiger partial charge in [0.05, 0.1) is 34.3 Å². The number of sulfonamides is 1. The zero-order valence-corrected chi connectivity index (χ0v) is 19.3. The van der Waals surface area contributed by atoms with E-state index in [9.17, 15) is 18.5 Å². The summed E-state index contributed by atoms with van der Waals surface area (Å²) in [5, 5.41) is 9.51. The van der Waals surface area contributed by atoms with Crippen molar-refractivity contribution in [2.24, 2.45) is 0 Å². The molecule has 0 amide bonds. The smallest absolute Gasteiger partial charge is 0.338 e. The first-order chi connectivity index (χ1) is 16.3. The Kier molecular flexibility index (Phi) is 6.25. The summed E-state index contributed by atoms with van der Waals surface area (Å²) in [6.45, 7) is -0.119. The van der Waals surface area contributed by atoms with Gasteiger partial charge in [0, 0.05) is 25.0 Å². The number of carbonyl (C=O) groups excluding carboxylic acids is 1. The van der Waals surface area contributed by atoms with Gasteiger partial charge in [0.1, 0.15) is 18.4 Å². The summed E-state index contributed by atoms with van der Waals surface area (Å²) in [6.07, 6.45) is 3.53. The Morgan fingerprint density at radius 1 is 1.09 bits per heavy atom. The zero-order chi connectivity index (χ0) is 24.3. The highest BCUT2D eigenvalue weighted by molar-refractivity contribution is 7.92. The molecule has 0 spiro atoms. The summed E-state index contributed by atoms with van der Waals surface area (Å²) in [6, 6.07) is 19.8. The lowest BCUT2D eigenvalue weighted by atomic mass is 10.2. The van der Waals surface area contributed by atoms with Crippen LogP contribution in [-0.2, 0) is 21.4 Å². The van der Waals surface area contributed by atoms with Crippen molar-refractivity contribution in [2.75, 3.05) is 18.5 Å². The third kappa shape index (κ3) is 4.31. The maximum atomic E-state index is 13.1. The van der Waals surface area contributed by atoms with Gasteiger partial charge in [0.2, 0.25) is 0 Å². The van der Waals surface area contributed by atoms with Gasteiger partial charge in [-0.25, -0.2) is 13.2 Å². The number of nitrogens with zero attached hydrogens (tertiary/aromatic N) is 3. The summed E-state index contributed by atoms with van der Waals surface area (Å²) in [5.41, 5.74) is 2.23. The van der Waals surface area contributed by atoms with Crippen LogP contribution in [0.15, 0.2) is 84.0 Å². The number of ether oxygens (including phenoxy) is 2. The number of rotatable bonds is 7. The molecule has 0 N–H and O–H groups in total. The Hall–Kier alpha value is -4.29. The van der Waals surface area contributed by atoms with E-state index in [-0.39, 0.29) is 17.1 Å². The van der Waals surface area contributed by atoms with Crippen LogP contribution >= 0.6 is 0 Å². The number of hydrogen-bond acceptors (Lipinski definition) is 6. The second-order valence-corrected chi connectivity index (χ2v) is 9.38. The van der Waals surface area contributed by atoms with Gasteiger partial charge in [0.15, 0.2) is 0 Å². The van der Waals surface area contributed by atoms with E-state index >= 15 is 0 Å². The van der Waals surface area contributed by atoms with Crippen molar-refractivity contribution >= 4 is 27.2 Å². The van der Waals surface area contributed by atoms with Crippen LogP contribution in [0.1, 0.15) is 21.5 Å². The lowest BCUT2D eigenvalue weighted by Gasteiger charge is -2.20. The highest BCUT2D eigenvalue weighted by atomic mass is 32.2. The fourth-order valence-electron chi connectivity index (χ4n) is 3.52. The molecular weight excluding hydrogens is 454 g/mol. The summed E-state index contributed by atoms with van der Waals surface area (Å²) >= 11 is 0. The predicted molar refractivity (Wildman–Crippen MR) is 126 cm³/mol. The Labute approximate surface area is 197 Å². The number of pyridine rings is 1. The molecule has 0 unspecified atom stereocenters. The lowest BCUT2D eigenvalue weighted by Crippen LogP contribution is -2.26. The number of carbonyl (C=O) groups is 1. The molecule has 2 aromatic carbocycles. The van der Waals surface area contributed by atoms with Crippen molar-refractivity contribution in [1.82, 2.24) is 4.40 Å².